The van der Waals surface area contributed by atoms with E-state index in [9.17, 15) is 22.4 Å². The molecule has 1 aromatic heterocycles. The minimum absolute atomic E-state index is 0.113. The van der Waals surface area contributed by atoms with Crippen molar-refractivity contribution in [2.75, 3.05) is 5.32 Å². The van der Waals surface area contributed by atoms with Crippen molar-refractivity contribution in [3.8, 4) is 11.5 Å². The molecule has 1 unspecified atom stereocenters. The summed E-state index contributed by atoms with van der Waals surface area (Å²) in [7, 11) is 0. The molecule has 2 N–H and O–H groups in total. The minimum Gasteiger partial charge on any atom is -0.469 e. The monoisotopic (exact) mass is 388 g/mol. The van der Waals surface area contributed by atoms with Crippen LogP contribution < -0.4 is 20.1 Å². The second kappa shape index (κ2) is 8.19. The number of nitrogens with one attached hydrogen (secondary N) is 2. The van der Waals surface area contributed by atoms with Gasteiger partial charge in [0.1, 0.15) is 11.5 Å². The maximum absolute atomic E-state index is 12.6. The van der Waals surface area contributed by atoms with Crippen LogP contribution in [0.25, 0.3) is 0 Å². The Morgan fingerprint density at radius 1 is 1.15 bits per heavy atom. The van der Waals surface area contributed by atoms with Crippen LogP contribution in [-0.2, 0) is 6.42 Å². The van der Waals surface area contributed by atoms with Crippen molar-refractivity contribution in [3.63, 3.8) is 0 Å². The quantitative estimate of drug-likeness (QED) is 0.705. The Labute approximate surface area is 151 Å². The van der Waals surface area contributed by atoms with E-state index < -0.39 is 25.0 Å². The Kier molecular flexibility index (Phi) is 5.72. The van der Waals surface area contributed by atoms with Crippen LogP contribution in [0.15, 0.2) is 34.9 Å². The third-order valence-corrected chi connectivity index (χ3v) is 4.00. The number of halogens is 4. The van der Waals surface area contributed by atoms with Gasteiger partial charge in [-0.2, -0.15) is 17.6 Å². The molecule has 2 amide bonds. The van der Waals surface area contributed by atoms with Gasteiger partial charge in [-0.15, -0.1) is 0 Å². The first-order valence-electron chi connectivity index (χ1n) is 8.10. The smallest absolute Gasteiger partial charge is 0.387 e. The normalized spacial score (nSPS) is 16.1. The molecule has 27 heavy (non-hydrogen) atoms. The largest absolute Gasteiger partial charge is 0.469 e. The summed E-state index contributed by atoms with van der Waals surface area (Å²) in [5.74, 6) is -0.0744. The number of amides is 2. The van der Waals surface area contributed by atoms with Gasteiger partial charge in [0.05, 0.1) is 18.0 Å². The van der Waals surface area contributed by atoms with Gasteiger partial charge in [-0.1, -0.05) is 0 Å². The number of anilines is 1. The van der Waals surface area contributed by atoms with E-state index in [0.29, 0.717) is 6.42 Å². The molecule has 0 bridgehead atoms. The average molecular weight is 388 g/mol. The molecule has 0 aliphatic heterocycles. The number of furan rings is 1. The Morgan fingerprint density at radius 2 is 1.93 bits per heavy atom. The Balaban J connectivity index is 1.71. The highest BCUT2D eigenvalue weighted by atomic mass is 19.3. The van der Waals surface area contributed by atoms with Crippen molar-refractivity contribution in [2.24, 2.45) is 0 Å². The van der Waals surface area contributed by atoms with Crippen LogP contribution >= 0.6 is 0 Å². The molecule has 1 atom stereocenters. The number of alkyl halides is 4. The Morgan fingerprint density at radius 3 is 2.67 bits per heavy atom. The SMILES string of the molecule is O=C(Nc1ccc(OC(F)F)cc1OC(F)F)NC1CCCc2occc21. The minimum atomic E-state index is -3.21. The van der Waals surface area contributed by atoms with Gasteiger partial charge in [0.15, 0.2) is 5.75 Å². The van der Waals surface area contributed by atoms with Gasteiger partial charge in [0.25, 0.3) is 0 Å². The number of hydrogen-bond acceptors (Lipinski definition) is 4. The summed E-state index contributed by atoms with van der Waals surface area (Å²) in [5, 5.41) is 5.12. The summed E-state index contributed by atoms with van der Waals surface area (Å²) >= 11 is 0. The fourth-order valence-electron chi connectivity index (χ4n) is 2.93. The number of hydrogen-bond donors (Lipinski definition) is 2. The molecule has 1 aromatic carbocycles. The van der Waals surface area contributed by atoms with E-state index in [2.05, 4.69) is 20.1 Å². The van der Waals surface area contributed by atoms with Crippen molar-refractivity contribution in [2.45, 2.75) is 38.5 Å². The number of ether oxygens (including phenoxy) is 2. The third-order valence-electron chi connectivity index (χ3n) is 4.00. The number of rotatable bonds is 6. The van der Waals surface area contributed by atoms with Crippen molar-refractivity contribution in [3.05, 3.63) is 41.9 Å². The first kappa shape index (κ1) is 18.9. The van der Waals surface area contributed by atoms with Crippen LogP contribution in [0.3, 0.4) is 0 Å². The summed E-state index contributed by atoms with van der Waals surface area (Å²) < 4.78 is 63.5. The van der Waals surface area contributed by atoms with Crippen LogP contribution in [0.2, 0.25) is 0 Å². The average Bonchev–Trinajstić information content (AvgIpc) is 3.06. The first-order chi connectivity index (χ1) is 12.9. The van der Waals surface area contributed by atoms with Gasteiger partial charge in [-0.25, -0.2) is 4.79 Å². The molecular weight excluding hydrogens is 372 g/mol. The van der Waals surface area contributed by atoms with Crippen LogP contribution in [-0.4, -0.2) is 19.3 Å². The number of benzene rings is 1. The van der Waals surface area contributed by atoms with E-state index in [0.717, 1.165) is 42.4 Å². The number of fused-ring (bicyclic) bond motifs is 1. The van der Waals surface area contributed by atoms with Crippen molar-refractivity contribution < 1.29 is 36.2 Å². The topological polar surface area (TPSA) is 72.7 Å². The second-order valence-electron chi connectivity index (χ2n) is 5.76. The van der Waals surface area contributed by atoms with Gasteiger partial charge in [-0.3, -0.25) is 0 Å². The maximum Gasteiger partial charge on any atom is 0.387 e. The van der Waals surface area contributed by atoms with E-state index in [-0.39, 0.29) is 17.5 Å². The van der Waals surface area contributed by atoms with E-state index >= 15 is 0 Å². The van der Waals surface area contributed by atoms with Crippen molar-refractivity contribution in [1.82, 2.24) is 5.32 Å². The molecule has 146 valence electrons. The highest BCUT2D eigenvalue weighted by Gasteiger charge is 2.24. The van der Waals surface area contributed by atoms with E-state index in [4.69, 9.17) is 4.42 Å². The lowest BCUT2D eigenvalue weighted by atomic mass is 9.93. The molecule has 1 aliphatic rings. The zero-order chi connectivity index (χ0) is 19.4. The van der Waals surface area contributed by atoms with E-state index in [1.807, 2.05) is 0 Å². The number of carbonyl (C=O) groups is 1. The lowest BCUT2D eigenvalue weighted by Gasteiger charge is -2.23. The van der Waals surface area contributed by atoms with Gasteiger partial charge in [0.2, 0.25) is 0 Å². The summed E-state index contributed by atoms with van der Waals surface area (Å²) in [6, 6.07) is 3.92. The lowest BCUT2D eigenvalue weighted by Crippen LogP contribution is -2.34. The fourth-order valence-corrected chi connectivity index (χ4v) is 2.93. The van der Waals surface area contributed by atoms with E-state index in [1.54, 1.807) is 12.3 Å². The molecule has 0 saturated heterocycles. The van der Waals surface area contributed by atoms with Gasteiger partial charge in [-0.05, 0) is 31.0 Å². The predicted molar refractivity (Wildman–Crippen MR) is 86.2 cm³/mol. The molecule has 0 fully saturated rings. The first-order valence-corrected chi connectivity index (χ1v) is 8.10. The number of carbonyl (C=O) groups excluding carboxylic acids is 1. The van der Waals surface area contributed by atoms with Gasteiger partial charge >= 0.3 is 19.3 Å². The molecular formula is C17H16F4N2O4. The molecule has 0 spiro atoms. The van der Waals surface area contributed by atoms with E-state index in [1.165, 1.54) is 0 Å². The van der Waals surface area contributed by atoms with Crippen LogP contribution in [0.1, 0.15) is 30.2 Å². The predicted octanol–water partition coefficient (Wildman–Crippen LogP) is 4.68. The summed E-state index contributed by atoms with van der Waals surface area (Å²) in [5.41, 5.74) is 0.749. The third kappa shape index (κ3) is 4.83. The molecule has 3 rings (SSSR count). The van der Waals surface area contributed by atoms with Crippen LogP contribution in [0.4, 0.5) is 28.0 Å². The molecule has 0 radical (unpaired) electrons. The summed E-state index contributed by atoms with van der Waals surface area (Å²) in [4.78, 5) is 12.3. The molecule has 1 heterocycles. The second-order valence-corrected chi connectivity index (χ2v) is 5.76. The Bertz CT molecular complexity index is 797. The highest BCUT2D eigenvalue weighted by Crippen LogP contribution is 2.33. The molecule has 0 saturated carbocycles. The zero-order valence-electron chi connectivity index (χ0n) is 13.9. The van der Waals surface area contributed by atoms with Gasteiger partial charge < -0.3 is 24.5 Å². The maximum atomic E-state index is 12.6. The molecule has 1 aliphatic carbocycles. The standard InChI is InChI=1S/C17H16F4N2O4/c18-15(19)26-9-4-5-12(14(8-9)27-16(20)21)23-17(24)22-11-2-1-3-13-10(11)6-7-25-13/h4-8,11,15-16H,1-3H2,(H2,22,23,24). The van der Waals surface area contributed by atoms with Gasteiger partial charge in [0, 0.05) is 18.1 Å². The lowest BCUT2D eigenvalue weighted by molar-refractivity contribution is -0.0539. The Hall–Kier alpha value is -2.91. The van der Waals surface area contributed by atoms with Crippen molar-refractivity contribution >= 4 is 11.7 Å². The summed E-state index contributed by atoms with van der Waals surface area (Å²) in [6.45, 7) is -6.33. The zero-order valence-corrected chi connectivity index (χ0v) is 13.9. The molecule has 10 heteroatoms. The van der Waals surface area contributed by atoms with Crippen LogP contribution in [0.5, 0.6) is 11.5 Å². The molecule has 6 nitrogen and oxygen atoms in total. The highest BCUT2D eigenvalue weighted by molar-refractivity contribution is 5.91. The summed E-state index contributed by atoms with van der Waals surface area (Å²) in [6.07, 6.45) is 3.84. The van der Waals surface area contributed by atoms with Crippen molar-refractivity contribution in [1.29, 1.82) is 0 Å². The number of urea groups is 1. The molecule has 2 aromatic rings. The fraction of sp³-hybridized carbons (Fsp3) is 0.353. The number of aryl methyl sites for hydroxylation is 1. The van der Waals surface area contributed by atoms with Crippen LogP contribution in [0, 0.1) is 0 Å².